The maximum Gasteiger partial charge on any atom is 0.416 e. The summed E-state index contributed by atoms with van der Waals surface area (Å²) in [5.41, 5.74) is 1.16. The minimum atomic E-state index is -4.28. The predicted molar refractivity (Wildman–Crippen MR) is 74.3 cm³/mol. The van der Waals surface area contributed by atoms with E-state index in [0.717, 1.165) is 28.3 Å². The monoisotopic (exact) mass is 383 g/mol. The zero-order chi connectivity index (χ0) is 14.0. The number of halogens is 4. The third-order valence-corrected chi connectivity index (χ3v) is 3.47. The van der Waals surface area contributed by atoms with Crippen LogP contribution in [0.15, 0.2) is 23.8 Å². The fraction of sp³-hybridized carbons (Fsp3) is 0.500. The van der Waals surface area contributed by atoms with Crippen LogP contribution in [0.1, 0.15) is 23.9 Å². The van der Waals surface area contributed by atoms with Gasteiger partial charge in [-0.2, -0.15) is 28.2 Å². The molecule has 104 valence electrons. The van der Waals surface area contributed by atoms with Gasteiger partial charge in [0, 0.05) is 10.8 Å². The molecule has 1 aliphatic rings. The van der Waals surface area contributed by atoms with Crippen LogP contribution >= 0.6 is 22.6 Å². The Morgan fingerprint density at radius 3 is 2.68 bits per heavy atom. The number of alkyl halides is 4. The van der Waals surface area contributed by atoms with Crippen molar-refractivity contribution in [2.24, 2.45) is 0 Å². The van der Waals surface area contributed by atoms with Crippen LogP contribution in [0.5, 0.6) is 0 Å². The van der Waals surface area contributed by atoms with E-state index in [4.69, 9.17) is 0 Å². The van der Waals surface area contributed by atoms with E-state index in [9.17, 15) is 13.2 Å². The first-order valence-corrected chi connectivity index (χ1v) is 7.38. The standard InChI is InChI=1S/C12H13F3IN3/c1-8-11(6-7-16)18-19(17-8)10-4-2-9(3-5-10)12(13,14)15/h2-4,10H,5-7H2,1H3. The fourth-order valence-corrected chi connectivity index (χ4v) is 2.40. The highest BCUT2D eigenvalue weighted by molar-refractivity contribution is 14.1. The molecule has 1 unspecified atom stereocenters. The van der Waals surface area contributed by atoms with Crippen molar-refractivity contribution in [2.45, 2.75) is 32.0 Å². The normalized spacial score (nSPS) is 19.6. The SMILES string of the molecule is Cc1nn(C2C=CC(C(F)(F)F)=CC2)nc1CCI. The minimum Gasteiger partial charge on any atom is -0.177 e. The molecule has 0 saturated carbocycles. The van der Waals surface area contributed by atoms with Crippen LogP contribution in [0, 0.1) is 6.92 Å². The number of aryl methyl sites for hydroxylation is 2. The van der Waals surface area contributed by atoms with Gasteiger partial charge in [-0.25, -0.2) is 0 Å². The summed E-state index contributed by atoms with van der Waals surface area (Å²) in [5, 5.41) is 8.63. The lowest BCUT2D eigenvalue weighted by Crippen LogP contribution is -2.17. The van der Waals surface area contributed by atoms with Gasteiger partial charge in [0.2, 0.25) is 0 Å². The maximum absolute atomic E-state index is 12.5. The lowest BCUT2D eigenvalue weighted by molar-refractivity contribution is -0.0887. The molecule has 0 N–H and O–H groups in total. The molecule has 1 aromatic rings. The number of hydrogen-bond donors (Lipinski definition) is 0. The van der Waals surface area contributed by atoms with Gasteiger partial charge in [0.15, 0.2) is 0 Å². The van der Waals surface area contributed by atoms with Gasteiger partial charge in [-0.1, -0.05) is 40.8 Å². The number of rotatable bonds is 3. The number of nitrogens with zero attached hydrogens (tertiary/aromatic N) is 3. The molecule has 0 amide bonds. The van der Waals surface area contributed by atoms with Gasteiger partial charge in [0.05, 0.1) is 23.0 Å². The van der Waals surface area contributed by atoms with Gasteiger partial charge >= 0.3 is 6.18 Å². The minimum absolute atomic E-state index is 0.229. The van der Waals surface area contributed by atoms with E-state index >= 15 is 0 Å². The summed E-state index contributed by atoms with van der Waals surface area (Å²) in [7, 11) is 0. The molecule has 19 heavy (non-hydrogen) atoms. The van der Waals surface area contributed by atoms with E-state index in [1.54, 1.807) is 0 Å². The topological polar surface area (TPSA) is 30.7 Å². The molecule has 1 atom stereocenters. The van der Waals surface area contributed by atoms with E-state index < -0.39 is 11.7 Å². The molecule has 0 fully saturated rings. The third-order valence-electron chi connectivity index (χ3n) is 2.93. The molecule has 1 aromatic heterocycles. The molecule has 1 heterocycles. The Bertz CT molecular complexity index is 517. The summed E-state index contributed by atoms with van der Waals surface area (Å²) in [5.74, 6) is 0. The number of hydrogen-bond acceptors (Lipinski definition) is 2. The van der Waals surface area contributed by atoms with Crippen LogP contribution in [0.4, 0.5) is 13.2 Å². The Kier molecular flexibility index (Phi) is 4.32. The number of aromatic nitrogens is 3. The number of allylic oxidation sites excluding steroid dienone is 4. The van der Waals surface area contributed by atoms with Gasteiger partial charge in [-0.05, 0) is 13.3 Å². The summed E-state index contributed by atoms with van der Waals surface area (Å²) < 4.78 is 38.4. The Morgan fingerprint density at radius 1 is 1.42 bits per heavy atom. The summed E-state index contributed by atoms with van der Waals surface area (Å²) >= 11 is 2.26. The van der Waals surface area contributed by atoms with Crippen LogP contribution in [0.25, 0.3) is 0 Å². The Hall–Kier alpha value is -0.860. The average molecular weight is 383 g/mol. The first kappa shape index (κ1) is 14.5. The third kappa shape index (κ3) is 3.37. The second kappa shape index (κ2) is 5.64. The average Bonchev–Trinajstić information content (AvgIpc) is 2.71. The highest BCUT2D eigenvalue weighted by atomic mass is 127. The molecule has 0 aromatic carbocycles. The van der Waals surface area contributed by atoms with Crippen molar-refractivity contribution in [2.75, 3.05) is 4.43 Å². The van der Waals surface area contributed by atoms with Crippen molar-refractivity contribution in [1.82, 2.24) is 15.0 Å². The second-order valence-electron chi connectivity index (χ2n) is 4.31. The summed E-state index contributed by atoms with van der Waals surface area (Å²) in [4.78, 5) is 1.51. The van der Waals surface area contributed by atoms with Gasteiger partial charge in [0.1, 0.15) is 0 Å². The van der Waals surface area contributed by atoms with Gasteiger partial charge in [-0.15, -0.1) is 0 Å². The van der Waals surface area contributed by atoms with E-state index in [0.29, 0.717) is 0 Å². The molecule has 3 nitrogen and oxygen atoms in total. The second-order valence-corrected chi connectivity index (χ2v) is 5.39. The van der Waals surface area contributed by atoms with E-state index in [-0.39, 0.29) is 12.5 Å². The summed E-state index contributed by atoms with van der Waals surface area (Å²) in [6, 6.07) is -0.229. The molecule has 0 radical (unpaired) electrons. The summed E-state index contributed by atoms with van der Waals surface area (Å²) in [6.07, 6.45) is 0.624. The molecule has 7 heteroatoms. The molecule has 0 bridgehead atoms. The van der Waals surface area contributed by atoms with E-state index in [2.05, 4.69) is 32.8 Å². The first-order valence-electron chi connectivity index (χ1n) is 5.85. The van der Waals surface area contributed by atoms with Crippen LogP contribution in [-0.2, 0) is 6.42 Å². The Morgan fingerprint density at radius 2 is 2.16 bits per heavy atom. The maximum atomic E-state index is 12.5. The van der Waals surface area contributed by atoms with Crippen LogP contribution in [0.2, 0.25) is 0 Å². The molecule has 1 aliphatic carbocycles. The fourth-order valence-electron chi connectivity index (χ4n) is 1.89. The molecule has 0 saturated heterocycles. The van der Waals surface area contributed by atoms with E-state index in [1.807, 2.05) is 6.92 Å². The highest BCUT2D eigenvalue weighted by Gasteiger charge is 2.33. The smallest absolute Gasteiger partial charge is 0.177 e. The van der Waals surface area contributed by atoms with Crippen LogP contribution < -0.4 is 0 Å². The van der Waals surface area contributed by atoms with Crippen molar-refractivity contribution in [3.05, 3.63) is 35.2 Å². The molecular weight excluding hydrogens is 370 g/mol. The van der Waals surface area contributed by atoms with Crippen LogP contribution in [0.3, 0.4) is 0 Å². The zero-order valence-electron chi connectivity index (χ0n) is 10.3. The van der Waals surface area contributed by atoms with Crippen molar-refractivity contribution in [3.8, 4) is 0 Å². The molecule has 0 spiro atoms. The van der Waals surface area contributed by atoms with Gasteiger partial charge in [0.25, 0.3) is 0 Å². The van der Waals surface area contributed by atoms with Crippen molar-refractivity contribution >= 4 is 22.6 Å². The Balaban J connectivity index is 2.12. The summed E-state index contributed by atoms with van der Waals surface area (Å²) in [6.45, 7) is 1.87. The van der Waals surface area contributed by atoms with Crippen molar-refractivity contribution in [1.29, 1.82) is 0 Å². The van der Waals surface area contributed by atoms with Gasteiger partial charge in [-0.3, -0.25) is 0 Å². The quantitative estimate of drug-likeness (QED) is 0.591. The van der Waals surface area contributed by atoms with Crippen molar-refractivity contribution < 1.29 is 13.2 Å². The van der Waals surface area contributed by atoms with E-state index in [1.165, 1.54) is 16.9 Å². The van der Waals surface area contributed by atoms with Crippen LogP contribution in [-0.4, -0.2) is 25.6 Å². The molecular formula is C12H13F3IN3. The van der Waals surface area contributed by atoms with Crippen molar-refractivity contribution in [3.63, 3.8) is 0 Å². The Labute approximate surface area is 122 Å². The van der Waals surface area contributed by atoms with Gasteiger partial charge < -0.3 is 0 Å². The molecule has 2 rings (SSSR count). The largest absolute Gasteiger partial charge is 0.416 e. The zero-order valence-corrected chi connectivity index (χ0v) is 12.4. The highest BCUT2D eigenvalue weighted by Crippen LogP contribution is 2.31. The first-order chi connectivity index (χ1) is 8.91. The lowest BCUT2D eigenvalue weighted by atomic mass is 10.0. The lowest BCUT2D eigenvalue weighted by Gasteiger charge is -2.17. The molecule has 0 aliphatic heterocycles. The predicted octanol–water partition coefficient (Wildman–Crippen LogP) is 3.55.